The zero-order valence-corrected chi connectivity index (χ0v) is 17.4. The van der Waals surface area contributed by atoms with Gasteiger partial charge in [0.2, 0.25) is 5.91 Å². The van der Waals surface area contributed by atoms with Crippen molar-refractivity contribution < 1.29 is 4.79 Å². The Kier molecular flexibility index (Phi) is 10.2. The van der Waals surface area contributed by atoms with Gasteiger partial charge in [0.1, 0.15) is 0 Å². The summed E-state index contributed by atoms with van der Waals surface area (Å²) in [5.74, 6) is 0.430. The molecular weight excluding hydrogens is 320 g/mol. The third-order valence-electron chi connectivity index (χ3n) is 4.40. The number of allylic oxidation sites excluding steroid dienone is 1. The monoisotopic (exact) mass is 354 g/mol. The number of nitrogens with zero attached hydrogens (tertiary/aromatic N) is 2. The maximum absolute atomic E-state index is 12.5. The van der Waals surface area contributed by atoms with Crippen molar-refractivity contribution in [1.29, 1.82) is 0 Å². The van der Waals surface area contributed by atoms with Gasteiger partial charge in [0, 0.05) is 35.2 Å². The zero-order chi connectivity index (χ0) is 19.0. The Labute approximate surface area is 153 Å². The Morgan fingerprint density at radius 1 is 1.21 bits per heavy atom. The van der Waals surface area contributed by atoms with Crippen molar-refractivity contribution in [3.05, 3.63) is 23.3 Å². The van der Waals surface area contributed by atoms with Crippen molar-refractivity contribution in [1.82, 2.24) is 4.90 Å². The maximum Gasteiger partial charge on any atom is 0.225 e. The fourth-order valence-electron chi connectivity index (χ4n) is 2.36. The topological polar surface area (TPSA) is 32.7 Å². The van der Waals surface area contributed by atoms with Crippen LogP contribution in [-0.2, 0) is 4.79 Å². The molecule has 0 fully saturated rings. The number of hydrogen-bond donors (Lipinski definition) is 0. The summed E-state index contributed by atoms with van der Waals surface area (Å²) in [6, 6.07) is 0.225. The van der Waals surface area contributed by atoms with Crippen LogP contribution in [0, 0.1) is 11.8 Å². The summed E-state index contributed by atoms with van der Waals surface area (Å²) in [7, 11) is 0. The lowest BCUT2D eigenvalue weighted by Crippen LogP contribution is -2.44. The Bertz CT molecular complexity index is 490. The minimum atomic E-state index is -0.0148. The van der Waals surface area contributed by atoms with E-state index in [9.17, 15) is 4.79 Å². The van der Waals surface area contributed by atoms with E-state index in [2.05, 4.69) is 27.4 Å². The molecule has 0 aliphatic carbocycles. The van der Waals surface area contributed by atoms with E-state index in [-0.39, 0.29) is 29.8 Å². The summed E-state index contributed by atoms with van der Waals surface area (Å²) < 4.78 is 0. The minimum absolute atomic E-state index is 0.0129. The lowest BCUT2D eigenvalue weighted by Gasteiger charge is -2.32. The highest BCUT2D eigenvalue weighted by atomic mass is 35.5. The fraction of sp³-hybridized carbons (Fsp3) is 0.700. The van der Waals surface area contributed by atoms with Crippen molar-refractivity contribution >= 4 is 23.2 Å². The van der Waals surface area contributed by atoms with Crippen LogP contribution in [0.2, 0.25) is 0 Å². The molecule has 0 rings (SSSR count). The molecule has 138 valence electrons. The van der Waals surface area contributed by atoms with E-state index in [1.54, 1.807) is 0 Å². The first-order valence-corrected chi connectivity index (χ1v) is 9.26. The van der Waals surface area contributed by atoms with E-state index < -0.39 is 0 Å². The predicted molar refractivity (Wildman–Crippen MR) is 107 cm³/mol. The van der Waals surface area contributed by atoms with Crippen LogP contribution in [0.5, 0.6) is 0 Å². The second-order valence-electron chi connectivity index (χ2n) is 7.06. The molecule has 0 saturated heterocycles. The normalized spacial score (nSPS) is 16.8. The lowest BCUT2D eigenvalue weighted by molar-refractivity contribution is -0.136. The van der Waals surface area contributed by atoms with Crippen molar-refractivity contribution in [3.8, 4) is 0 Å². The smallest absolute Gasteiger partial charge is 0.225 e. The summed E-state index contributed by atoms with van der Waals surface area (Å²) in [6.45, 7) is 20.9. The molecular formula is C20H35ClN2O. The molecule has 0 N–H and O–H groups in total. The van der Waals surface area contributed by atoms with Crippen LogP contribution < -0.4 is 0 Å². The average molecular weight is 355 g/mol. The van der Waals surface area contributed by atoms with Crippen molar-refractivity contribution in [3.63, 3.8) is 0 Å². The number of halogens is 1. The molecule has 0 spiro atoms. The van der Waals surface area contributed by atoms with Gasteiger partial charge in [-0.25, -0.2) is 0 Å². The lowest BCUT2D eigenvalue weighted by atomic mass is 10.0. The number of rotatable bonds is 9. The molecule has 0 saturated carbocycles. The summed E-state index contributed by atoms with van der Waals surface area (Å²) >= 11 is 5.91. The van der Waals surface area contributed by atoms with Gasteiger partial charge < -0.3 is 4.90 Å². The molecule has 0 heterocycles. The third-order valence-corrected chi connectivity index (χ3v) is 4.51. The van der Waals surface area contributed by atoms with Gasteiger partial charge >= 0.3 is 0 Å². The van der Waals surface area contributed by atoms with E-state index in [4.69, 9.17) is 16.6 Å². The second kappa shape index (κ2) is 10.7. The Morgan fingerprint density at radius 2 is 1.75 bits per heavy atom. The van der Waals surface area contributed by atoms with Crippen LogP contribution in [0.3, 0.4) is 0 Å². The Hall–Kier alpha value is -1.09. The molecule has 1 amide bonds. The van der Waals surface area contributed by atoms with Gasteiger partial charge in [-0.05, 0) is 45.8 Å². The van der Waals surface area contributed by atoms with E-state index in [0.717, 1.165) is 17.7 Å². The average Bonchev–Trinajstić information content (AvgIpc) is 2.49. The van der Waals surface area contributed by atoms with Gasteiger partial charge in [-0.15, -0.1) is 0 Å². The van der Waals surface area contributed by atoms with Crippen molar-refractivity contribution in [2.24, 2.45) is 16.8 Å². The Morgan fingerprint density at radius 3 is 2.17 bits per heavy atom. The molecule has 3 atom stereocenters. The van der Waals surface area contributed by atoms with E-state index in [1.165, 1.54) is 0 Å². The molecule has 3 nitrogen and oxygen atoms in total. The van der Waals surface area contributed by atoms with Gasteiger partial charge in [-0.3, -0.25) is 9.79 Å². The third kappa shape index (κ3) is 7.65. The van der Waals surface area contributed by atoms with Crippen molar-refractivity contribution in [2.75, 3.05) is 6.54 Å². The second-order valence-corrected chi connectivity index (χ2v) is 7.65. The molecule has 0 aromatic carbocycles. The quantitative estimate of drug-likeness (QED) is 0.400. The zero-order valence-electron chi connectivity index (χ0n) is 16.7. The van der Waals surface area contributed by atoms with Gasteiger partial charge in [0.05, 0.1) is 6.04 Å². The molecule has 24 heavy (non-hydrogen) atoms. The molecule has 0 aromatic rings. The molecule has 0 bridgehead atoms. The number of hydrogen-bond acceptors (Lipinski definition) is 2. The number of carbonyl (C=O) groups excluding carboxylic acids is 1. The standard InChI is InChI=1S/C20H35ClN2O/c1-10-17(7)23(20(24)13(2)3)12-15(5)19(9)22-18(8)14(4)11-16(6)21/h11,13,15,17-18H,4,10,12H2,1-3,5-9H3. The molecule has 0 aromatic heterocycles. The highest BCUT2D eigenvalue weighted by molar-refractivity contribution is 6.29. The highest BCUT2D eigenvalue weighted by Gasteiger charge is 2.24. The summed E-state index contributed by atoms with van der Waals surface area (Å²) in [6.07, 6.45) is 2.80. The molecule has 3 unspecified atom stereocenters. The first-order valence-electron chi connectivity index (χ1n) is 8.88. The van der Waals surface area contributed by atoms with Crippen LogP contribution in [0.1, 0.15) is 61.8 Å². The van der Waals surface area contributed by atoms with Crippen LogP contribution in [-0.4, -0.2) is 35.1 Å². The molecule has 0 radical (unpaired) electrons. The highest BCUT2D eigenvalue weighted by Crippen LogP contribution is 2.16. The summed E-state index contributed by atoms with van der Waals surface area (Å²) in [5.41, 5.74) is 1.93. The van der Waals surface area contributed by atoms with Crippen LogP contribution in [0.15, 0.2) is 28.3 Å². The maximum atomic E-state index is 12.5. The first kappa shape index (κ1) is 22.9. The SMILES string of the molecule is C=C(C=C(C)Cl)C(C)N=C(C)C(C)CN(C(=O)C(C)C)C(C)CC. The van der Waals surface area contributed by atoms with E-state index >= 15 is 0 Å². The predicted octanol–water partition coefficient (Wildman–Crippen LogP) is 5.45. The fourth-order valence-corrected chi connectivity index (χ4v) is 2.50. The Balaban J connectivity index is 5.12. The first-order chi connectivity index (χ1) is 11.0. The molecule has 0 aliphatic rings. The number of carbonyl (C=O) groups is 1. The molecule has 0 aliphatic heterocycles. The largest absolute Gasteiger partial charge is 0.339 e. The number of aliphatic imine (C=N–C) groups is 1. The van der Waals surface area contributed by atoms with Crippen LogP contribution >= 0.6 is 11.6 Å². The summed E-state index contributed by atoms with van der Waals surface area (Å²) in [5, 5.41) is 0.707. The summed E-state index contributed by atoms with van der Waals surface area (Å²) in [4.78, 5) is 19.2. The van der Waals surface area contributed by atoms with Gasteiger partial charge in [-0.1, -0.05) is 45.9 Å². The van der Waals surface area contributed by atoms with Gasteiger partial charge in [0.25, 0.3) is 0 Å². The molecule has 4 heteroatoms. The van der Waals surface area contributed by atoms with E-state index in [1.807, 2.05) is 45.6 Å². The van der Waals surface area contributed by atoms with Gasteiger partial charge in [-0.2, -0.15) is 0 Å². The number of amides is 1. The van der Waals surface area contributed by atoms with E-state index in [0.29, 0.717) is 11.6 Å². The van der Waals surface area contributed by atoms with Crippen LogP contribution in [0.25, 0.3) is 0 Å². The van der Waals surface area contributed by atoms with Gasteiger partial charge in [0.15, 0.2) is 0 Å². The van der Waals surface area contributed by atoms with Crippen molar-refractivity contribution in [2.45, 2.75) is 73.9 Å². The van der Waals surface area contributed by atoms with Crippen LogP contribution in [0.4, 0.5) is 0 Å². The minimum Gasteiger partial charge on any atom is -0.339 e.